The summed E-state index contributed by atoms with van der Waals surface area (Å²) >= 11 is 1.56. The van der Waals surface area contributed by atoms with Gasteiger partial charge < -0.3 is 41.7 Å². The molecule has 4 atom stereocenters. The van der Waals surface area contributed by atoms with Crippen LogP contribution in [0.4, 0.5) is 0 Å². The number of imidazole rings is 2. The third-order valence-electron chi connectivity index (χ3n) is 6.91. The lowest BCUT2D eigenvalue weighted by molar-refractivity contribution is -0.142. The summed E-state index contributed by atoms with van der Waals surface area (Å²) < 4.78 is 0. The Morgan fingerprint density at radius 1 is 0.860 bits per heavy atom. The van der Waals surface area contributed by atoms with Crippen LogP contribution in [0.5, 0.6) is 0 Å². The van der Waals surface area contributed by atoms with Crippen molar-refractivity contribution >= 4 is 46.4 Å². The largest absolute Gasteiger partial charge is 0.480 e. The van der Waals surface area contributed by atoms with E-state index in [1.54, 1.807) is 18.0 Å². The Kier molecular flexibility index (Phi) is 10.9. The third-order valence-corrected chi connectivity index (χ3v) is 7.55. The Labute approximate surface area is 251 Å². The van der Waals surface area contributed by atoms with Crippen LogP contribution >= 0.6 is 11.8 Å². The van der Waals surface area contributed by atoms with Crippen LogP contribution < -0.4 is 21.7 Å². The number of carbonyl (C=O) groups excluding carboxylic acids is 3. The molecule has 0 saturated carbocycles. The first-order valence-electron chi connectivity index (χ1n) is 13.6. The molecule has 0 radical (unpaired) electrons. The van der Waals surface area contributed by atoms with Crippen LogP contribution in [0.15, 0.2) is 55.5 Å². The van der Waals surface area contributed by atoms with Crippen molar-refractivity contribution in [2.75, 3.05) is 12.0 Å². The smallest absolute Gasteiger partial charge is 0.326 e. The van der Waals surface area contributed by atoms with Crippen molar-refractivity contribution in [1.29, 1.82) is 0 Å². The van der Waals surface area contributed by atoms with Crippen molar-refractivity contribution in [1.82, 2.24) is 40.9 Å². The van der Waals surface area contributed by atoms with Gasteiger partial charge in [0.1, 0.15) is 18.1 Å². The number of H-pyrrole nitrogens is 3. The lowest BCUT2D eigenvalue weighted by Gasteiger charge is -2.25. The first-order valence-corrected chi connectivity index (χ1v) is 15.0. The molecule has 0 fully saturated rings. The second kappa shape index (κ2) is 15.0. The molecule has 228 valence electrons. The van der Waals surface area contributed by atoms with E-state index in [2.05, 4.69) is 40.9 Å². The number of benzene rings is 1. The van der Waals surface area contributed by atoms with Crippen LogP contribution in [0.25, 0.3) is 10.9 Å². The van der Waals surface area contributed by atoms with Crippen LogP contribution in [0.2, 0.25) is 0 Å². The van der Waals surface area contributed by atoms with E-state index in [1.165, 1.54) is 25.0 Å². The summed E-state index contributed by atoms with van der Waals surface area (Å²) in [5.74, 6) is -2.42. The average molecular weight is 610 g/mol. The van der Waals surface area contributed by atoms with E-state index in [9.17, 15) is 24.3 Å². The minimum Gasteiger partial charge on any atom is -0.480 e. The number of nitrogens with zero attached hydrogens (tertiary/aromatic N) is 2. The molecule has 0 spiro atoms. The van der Waals surface area contributed by atoms with Gasteiger partial charge in [-0.15, -0.1) is 0 Å². The molecule has 4 aromatic rings. The molecule has 1 aromatic carbocycles. The first kappa shape index (κ1) is 31.3. The topological polar surface area (TPSA) is 224 Å². The zero-order chi connectivity index (χ0) is 30.8. The summed E-state index contributed by atoms with van der Waals surface area (Å²) in [6.45, 7) is 0. The lowest BCUT2D eigenvalue weighted by atomic mass is 10.0. The van der Waals surface area contributed by atoms with Crippen LogP contribution in [0, 0.1) is 0 Å². The van der Waals surface area contributed by atoms with Gasteiger partial charge in [0.2, 0.25) is 17.7 Å². The van der Waals surface area contributed by atoms with Crippen molar-refractivity contribution in [3.8, 4) is 0 Å². The van der Waals surface area contributed by atoms with Crippen molar-refractivity contribution in [3.05, 3.63) is 72.5 Å². The van der Waals surface area contributed by atoms with E-state index < -0.39 is 47.9 Å². The van der Waals surface area contributed by atoms with Crippen LogP contribution in [-0.4, -0.2) is 89.9 Å². The van der Waals surface area contributed by atoms with Gasteiger partial charge in [0.25, 0.3) is 0 Å². The number of carboxylic acid groups (broad SMARTS) is 1. The normalized spacial score (nSPS) is 14.0. The molecule has 3 aromatic heterocycles. The number of aromatic amines is 3. The number of rotatable bonds is 16. The van der Waals surface area contributed by atoms with E-state index >= 15 is 0 Å². The lowest BCUT2D eigenvalue weighted by Crippen LogP contribution is -2.58. The van der Waals surface area contributed by atoms with Crippen molar-refractivity contribution < 1.29 is 24.3 Å². The fourth-order valence-corrected chi connectivity index (χ4v) is 5.06. The summed E-state index contributed by atoms with van der Waals surface area (Å²) in [5, 5.41) is 18.6. The molecular weight excluding hydrogens is 574 g/mol. The Morgan fingerprint density at radius 3 is 2.05 bits per heavy atom. The highest BCUT2D eigenvalue weighted by Crippen LogP contribution is 2.19. The molecular formula is C28H35N9O5S. The SMILES string of the molecule is CSCCC(N)C(=O)NC(Cc1c[nH]c2ccccc12)C(=O)NC(Cc1cnc[nH]1)C(=O)NC(Cc1cnc[nH]1)C(=O)O. The molecule has 15 heteroatoms. The van der Waals surface area contributed by atoms with Gasteiger partial charge in [-0.3, -0.25) is 14.4 Å². The Hall–Kier alpha value is -4.63. The molecule has 4 rings (SSSR count). The number of aromatic nitrogens is 5. The standard InChI is InChI=1S/C28H35N9O5S/c1-43-7-6-20(29)25(38)35-22(8-16-11-32-21-5-3-2-4-19(16)21)26(39)36-23(9-17-12-30-14-33-17)27(40)37-24(28(41)42)10-18-13-31-15-34-18/h2-5,11-15,20,22-24,32H,6-10,29H2,1H3,(H,30,33)(H,31,34)(H,35,38)(H,36,39)(H,37,40)(H,41,42). The second-order valence-corrected chi connectivity index (χ2v) is 11.0. The van der Waals surface area contributed by atoms with Crippen molar-refractivity contribution in [3.63, 3.8) is 0 Å². The third kappa shape index (κ3) is 8.68. The van der Waals surface area contributed by atoms with E-state index in [4.69, 9.17) is 5.73 Å². The Morgan fingerprint density at radius 2 is 1.44 bits per heavy atom. The number of hydrogen-bond acceptors (Lipinski definition) is 8. The van der Waals surface area contributed by atoms with Gasteiger partial charge >= 0.3 is 5.97 Å². The average Bonchev–Trinajstić information content (AvgIpc) is 3.78. The number of carboxylic acids is 1. The number of amides is 3. The number of hydrogen-bond donors (Lipinski definition) is 8. The van der Waals surface area contributed by atoms with Crippen molar-refractivity contribution in [2.24, 2.45) is 5.73 Å². The molecule has 0 bridgehead atoms. The zero-order valence-corrected chi connectivity index (χ0v) is 24.3. The molecule has 0 aliphatic heterocycles. The highest BCUT2D eigenvalue weighted by molar-refractivity contribution is 7.98. The number of fused-ring (bicyclic) bond motifs is 1. The van der Waals surface area contributed by atoms with Gasteiger partial charge in [-0.1, -0.05) is 18.2 Å². The highest BCUT2D eigenvalue weighted by atomic mass is 32.2. The number of nitrogens with one attached hydrogen (secondary N) is 6. The number of carbonyl (C=O) groups is 4. The molecule has 4 unspecified atom stereocenters. The molecule has 3 amide bonds. The van der Waals surface area contributed by atoms with Gasteiger partial charge in [-0.25, -0.2) is 14.8 Å². The molecule has 9 N–H and O–H groups in total. The number of aliphatic carboxylic acids is 1. The Bertz CT molecular complexity index is 1510. The molecule has 3 heterocycles. The molecule has 14 nitrogen and oxygen atoms in total. The quantitative estimate of drug-likeness (QED) is 0.0871. The van der Waals surface area contributed by atoms with Crippen LogP contribution in [0.1, 0.15) is 23.4 Å². The van der Waals surface area contributed by atoms with Crippen LogP contribution in [0.3, 0.4) is 0 Å². The summed E-state index contributed by atoms with van der Waals surface area (Å²) in [6.07, 6.45) is 9.98. The number of thioether (sulfide) groups is 1. The van der Waals surface area contributed by atoms with Crippen LogP contribution in [-0.2, 0) is 38.4 Å². The minimum atomic E-state index is -1.29. The molecule has 43 heavy (non-hydrogen) atoms. The second-order valence-electron chi connectivity index (χ2n) is 10.0. The highest BCUT2D eigenvalue weighted by Gasteiger charge is 2.31. The molecule has 0 saturated heterocycles. The predicted molar refractivity (Wildman–Crippen MR) is 161 cm³/mol. The van der Waals surface area contributed by atoms with E-state index in [0.717, 1.165) is 16.5 Å². The first-order chi connectivity index (χ1) is 20.7. The van der Waals surface area contributed by atoms with Gasteiger partial charge in [0.15, 0.2) is 0 Å². The van der Waals surface area contributed by atoms with E-state index in [1.807, 2.05) is 30.5 Å². The van der Waals surface area contributed by atoms with Gasteiger partial charge in [-0.2, -0.15) is 11.8 Å². The van der Waals surface area contributed by atoms with Crippen molar-refractivity contribution in [2.45, 2.75) is 49.9 Å². The van der Waals surface area contributed by atoms with Gasteiger partial charge in [0, 0.05) is 60.1 Å². The number of para-hydroxylation sites is 1. The maximum atomic E-state index is 13.8. The zero-order valence-electron chi connectivity index (χ0n) is 23.5. The summed E-state index contributed by atoms with van der Waals surface area (Å²) in [4.78, 5) is 68.9. The maximum Gasteiger partial charge on any atom is 0.326 e. The predicted octanol–water partition coefficient (Wildman–Crippen LogP) is 0.261. The molecule has 0 aliphatic rings. The van der Waals surface area contributed by atoms with Gasteiger partial charge in [0.05, 0.1) is 18.7 Å². The summed E-state index contributed by atoms with van der Waals surface area (Å²) in [7, 11) is 0. The molecule has 0 aliphatic carbocycles. The fourth-order valence-electron chi connectivity index (χ4n) is 4.57. The maximum absolute atomic E-state index is 13.8. The monoisotopic (exact) mass is 609 g/mol. The Balaban J connectivity index is 1.56. The fraction of sp³-hybridized carbons (Fsp3) is 0.357. The van der Waals surface area contributed by atoms with Gasteiger partial charge in [-0.05, 0) is 30.1 Å². The van der Waals surface area contributed by atoms with E-state index in [0.29, 0.717) is 23.6 Å². The summed E-state index contributed by atoms with van der Waals surface area (Å²) in [5.41, 5.74) is 8.80. The van der Waals surface area contributed by atoms with E-state index in [-0.39, 0.29) is 19.3 Å². The number of nitrogens with two attached hydrogens (primary N) is 1. The summed E-state index contributed by atoms with van der Waals surface area (Å²) in [6, 6.07) is 3.18. The minimum absolute atomic E-state index is 0.00500.